The Hall–Kier alpha value is -2.66. The maximum absolute atomic E-state index is 11.7. The van der Waals surface area contributed by atoms with Gasteiger partial charge in [0.05, 0.1) is 12.6 Å². The van der Waals surface area contributed by atoms with Gasteiger partial charge in [-0.1, -0.05) is 42.5 Å². The first-order valence-electron chi connectivity index (χ1n) is 8.35. The van der Waals surface area contributed by atoms with Crippen LogP contribution in [0.2, 0.25) is 0 Å². The highest BCUT2D eigenvalue weighted by atomic mass is 16.5. The number of ether oxygens (including phenoxy) is 1. The van der Waals surface area contributed by atoms with Crippen molar-refractivity contribution in [3.05, 3.63) is 65.7 Å². The molecule has 0 radical (unpaired) electrons. The molecule has 0 aliphatic carbocycles. The summed E-state index contributed by atoms with van der Waals surface area (Å²) >= 11 is 0. The first-order valence-corrected chi connectivity index (χ1v) is 8.35. The van der Waals surface area contributed by atoms with Crippen molar-refractivity contribution in [3.8, 4) is 5.75 Å². The van der Waals surface area contributed by atoms with Crippen molar-refractivity contribution in [2.45, 2.75) is 19.4 Å². The van der Waals surface area contributed by atoms with Crippen molar-refractivity contribution in [1.29, 1.82) is 0 Å². The predicted octanol–water partition coefficient (Wildman–Crippen LogP) is 2.55. The Balaban J connectivity index is 1.59. The lowest BCUT2D eigenvalue weighted by atomic mass is 10.1. The molecule has 0 heterocycles. The van der Waals surface area contributed by atoms with Crippen LogP contribution in [0.25, 0.3) is 0 Å². The SMILES string of the molecule is CC(O)c1ccc(OCC(=O)NCCN=CCc2ccccc2)cc1. The number of carbonyl (C=O) groups is 1. The third kappa shape index (κ3) is 7.18. The third-order valence-electron chi connectivity index (χ3n) is 3.59. The second kappa shape index (κ2) is 10.3. The van der Waals surface area contributed by atoms with Gasteiger partial charge in [-0.15, -0.1) is 0 Å². The molecule has 0 aliphatic rings. The maximum Gasteiger partial charge on any atom is 0.258 e. The highest BCUT2D eigenvalue weighted by Gasteiger charge is 2.03. The Morgan fingerprint density at radius 2 is 1.92 bits per heavy atom. The Kier molecular flexibility index (Phi) is 7.66. The number of rotatable bonds is 9. The number of nitrogens with zero attached hydrogens (tertiary/aromatic N) is 1. The zero-order valence-corrected chi connectivity index (χ0v) is 14.4. The van der Waals surface area contributed by atoms with E-state index >= 15 is 0 Å². The van der Waals surface area contributed by atoms with Gasteiger partial charge in [0, 0.05) is 19.2 Å². The monoisotopic (exact) mass is 340 g/mol. The van der Waals surface area contributed by atoms with E-state index in [1.165, 1.54) is 5.56 Å². The highest BCUT2D eigenvalue weighted by Crippen LogP contribution is 2.16. The molecule has 0 aromatic heterocycles. The Bertz CT molecular complexity index is 667. The van der Waals surface area contributed by atoms with E-state index in [1.54, 1.807) is 31.2 Å². The maximum atomic E-state index is 11.7. The van der Waals surface area contributed by atoms with Gasteiger partial charge in [-0.2, -0.15) is 0 Å². The summed E-state index contributed by atoms with van der Waals surface area (Å²) in [6.07, 6.45) is 2.14. The minimum Gasteiger partial charge on any atom is -0.484 e. The predicted molar refractivity (Wildman–Crippen MR) is 99.1 cm³/mol. The molecule has 0 bridgehead atoms. The van der Waals surface area contributed by atoms with E-state index in [0.29, 0.717) is 18.8 Å². The van der Waals surface area contributed by atoms with Crippen LogP contribution in [0, 0.1) is 0 Å². The largest absolute Gasteiger partial charge is 0.484 e. The molecular weight excluding hydrogens is 316 g/mol. The number of amides is 1. The molecule has 0 aliphatic heterocycles. The minimum atomic E-state index is -0.514. The molecule has 0 saturated carbocycles. The third-order valence-corrected chi connectivity index (χ3v) is 3.59. The van der Waals surface area contributed by atoms with Crippen LogP contribution < -0.4 is 10.1 Å². The minimum absolute atomic E-state index is 0.0399. The molecule has 1 atom stereocenters. The van der Waals surface area contributed by atoms with Gasteiger partial charge in [-0.25, -0.2) is 0 Å². The smallest absolute Gasteiger partial charge is 0.258 e. The van der Waals surface area contributed by atoms with E-state index in [4.69, 9.17) is 4.74 Å². The highest BCUT2D eigenvalue weighted by molar-refractivity contribution is 5.77. The Morgan fingerprint density at radius 1 is 1.20 bits per heavy atom. The zero-order chi connectivity index (χ0) is 17.9. The first kappa shape index (κ1) is 18.7. The fraction of sp³-hybridized carbons (Fsp3) is 0.300. The van der Waals surface area contributed by atoms with E-state index in [9.17, 15) is 9.90 Å². The number of aliphatic hydroxyl groups is 1. The van der Waals surface area contributed by atoms with Crippen LogP contribution in [0.5, 0.6) is 5.75 Å². The van der Waals surface area contributed by atoms with Crippen LogP contribution in [-0.4, -0.2) is 36.9 Å². The lowest BCUT2D eigenvalue weighted by Gasteiger charge is -2.08. The average Bonchev–Trinajstić information content (AvgIpc) is 2.64. The molecular formula is C20H24N2O3. The van der Waals surface area contributed by atoms with E-state index in [-0.39, 0.29) is 12.5 Å². The van der Waals surface area contributed by atoms with Crippen LogP contribution in [0.4, 0.5) is 0 Å². The molecule has 5 heteroatoms. The first-order chi connectivity index (χ1) is 12.1. The topological polar surface area (TPSA) is 70.9 Å². The van der Waals surface area contributed by atoms with E-state index < -0.39 is 6.10 Å². The lowest BCUT2D eigenvalue weighted by Crippen LogP contribution is -2.30. The molecule has 1 amide bonds. The number of carbonyl (C=O) groups excluding carboxylic acids is 1. The van der Waals surface area contributed by atoms with Crippen molar-refractivity contribution in [3.63, 3.8) is 0 Å². The van der Waals surface area contributed by atoms with Gasteiger partial charge in [0.1, 0.15) is 5.75 Å². The fourth-order valence-corrected chi connectivity index (χ4v) is 2.18. The van der Waals surface area contributed by atoms with Gasteiger partial charge in [0.15, 0.2) is 6.61 Å². The number of nitrogens with one attached hydrogen (secondary N) is 1. The number of aliphatic hydroxyl groups excluding tert-OH is 1. The second-order valence-corrected chi connectivity index (χ2v) is 5.66. The molecule has 2 aromatic rings. The Labute approximate surface area is 148 Å². The summed E-state index contributed by atoms with van der Waals surface area (Å²) < 4.78 is 5.41. The summed E-state index contributed by atoms with van der Waals surface area (Å²) in [4.78, 5) is 16.0. The van der Waals surface area contributed by atoms with Crippen molar-refractivity contribution < 1.29 is 14.6 Å². The Morgan fingerprint density at radius 3 is 2.60 bits per heavy atom. The quantitative estimate of drug-likeness (QED) is 0.544. The average molecular weight is 340 g/mol. The molecule has 0 spiro atoms. The number of hydrogen-bond donors (Lipinski definition) is 2. The van der Waals surface area contributed by atoms with Crippen LogP contribution >= 0.6 is 0 Å². The van der Waals surface area contributed by atoms with Gasteiger partial charge < -0.3 is 15.2 Å². The van der Waals surface area contributed by atoms with Crippen molar-refractivity contribution >= 4 is 12.1 Å². The zero-order valence-electron chi connectivity index (χ0n) is 14.4. The van der Waals surface area contributed by atoms with Gasteiger partial charge >= 0.3 is 0 Å². The van der Waals surface area contributed by atoms with Gasteiger partial charge in [-0.3, -0.25) is 9.79 Å². The number of hydrogen-bond acceptors (Lipinski definition) is 4. The second-order valence-electron chi connectivity index (χ2n) is 5.66. The molecule has 1 unspecified atom stereocenters. The lowest BCUT2D eigenvalue weighted by molar-refractivity contribution is -0.123. The summed E-state index contributed by atoms with van der Waals surface area (Å²) in [5.74, 6) is 0.415. The molecule has 0 fully saturated rings. The summed E-state index contributed by atoms with van der Waals surface area (Å²) in [6.45, 7) is 2.68. The summed E-state index contributed by atoms with van der Waals surface area (Å²) in [6, 6.07) is 17.1. The van der Waals surface area contributed by atoms with E-state index in [0.717, 1.165) is 12.0 Å². The van der Waals surface area contributed by atoms with Crippen molar-refractivity contribution in [1.82, 2.24) is 5.32 Å². The summed E-state index contributed by atoms with van der Waals surface area (Å²) in [5.41, 5.74) is 2.02. The molecule has 0 saturated heterocycles. The van der Waals surface area contributed by atoms with Crippen molar-refractivity contribution in [2.24, 2.45) is 4.99 Å². The summed E-state index contributed by atoms with van der Waals surface area (Å²) in [7, 11) is 0. The van der Waals surface area contributed by atoms with Crippen LogP contribution in [0.1, 0.15) is 24.2 Å². The molecule has 132 valence electrons. The number of aliphatic imine (C=N–C) groups is 1. The van der Waals surface area contributed by atoms with E-state index in [2.05, 4.69) is 22.4 Å². The summed E-state index contributed by atoms with van der Waals surface area (Å²) in [5, 5.41) is 12.2. The van der Waals surface area contributed by atoms with Crippen molar-refractivity contribution in [2.75, 3.05) is 19.7 Å². The molecule has 2 aromatic carbocycles. The van der Waals surface area contributed by atoms with Crippen LogP contribution in [0.15, 0.2) is 59.6 Å². The van der Waals surface area contributed by atoms with Crippen LogP contribution in [-0.2, 0) is 11.2 Å². The molecule has 2 N–H and O–H groups in total. The van der Waals surface area contributed by atoms with Gasteiger partial charge in [0.25, 0.3) is 5.91 Å². The fourth-order valence-electron chi connectivity index (χ4n) is 2.18. The number of benzene rings is 2. The van der Waals surface area contributed by atoms with Crippen LogP contribution in [0.3, 0.4) is 0 Å². The normalized spacial score (nSPS) is 12.1. The van der Waals surface area contributed by atoms with Gasteiger partial charge in [0.2, 0.25) is 0 Å². The van der Waals surface area contributed by atoms with E-state index in [1.807, 2.05) is 24.4 Å². The molecule has 25 heavy (non-hydrogen) atoms. The molecule has 5 nitrogen and oxygen atoms in total. The molecule has 2 rings (SSSR count). The van der Waals surface area contributed by atoms with Gasteiger partial charge in [-0.05, 0) is 30.2 Å². The standard InChI is InChI=1S/C20H24N2O3/c1-16(23)18-7-9-19(10-8-18)25-15-20(24)22-14-13-21-12-11-17-5-3-2-4-6-17/h2-10,12,16,23H,11,13-15H2,1H3,(H,22,24).